The summed E-state index contributed by atoms with van der Waals surface area (Å²) in [7, 11) is 0. The van der Waals surface area contributed by atoms with Gasteiger partial charge in [0.05, 0.1) is 18.3 Å². The number of aliphatic hydroxyl groups excluding tert-OH is 3. The zero-order valence-corrected chi connectivity index (χ0v) is 15.3. The molecule has 25 heavy (non-hydrogen) atoms. The van der Waals surface area contributed by atoms with Crippen LogP contribution in [0.1, 0.15) is 64.7 Å². The lowest BCUT2D eigenvalue weighted by molar-refractivity contribution is -0.137. The molecule has 0 aromatic carbocycles. The van der Waals surface area contributed by atoms with Crippen molar-refractivity contribution in [1.29, 1.82) is 0 Å². The van der Waals surface area contributed by atoms with Crippen LogP contribution in [0.4, 0.5) is 0 Å². The third kappa shape index (κ3) is 8.66. The molecule has 0 saturated heterocycles. The maximum absolute atomic E-state index is 10.5. The Morgan fingerprint density at radius 2 is 1.92 bits per heavy atom. The monoisotopic (exact) mass is 354 g/mol. The molecule has 1 fully saturated rings. The summed E-state index contributed by atoms with van der Waals surface area (Å²) in [5.74, 6) is -1.08. The van der Waals surface area contributed by atoms with E-state index >= 15 is 0 Å². The van der Waals surface area contributed by atoms with E-state index in [1.54, 1.807) is 12.2 Å². The summed E-state index contributed by atoms with van der Waals surface area (Å²) < 4.78 is 0. The van der Waals surface area contributed by atoms with Gasteiger partial charge in [0.1, 0.15) is 0 Å². The molecule has 0 aliphatic heterocycles. The Morgan fingerprint density at radius 1 is 1.16 bits per heavy atom. The van der Waals surface area contributed by atoms with Gasteiger partial charge in [0.25, 0.3) is 0 Å². The molecular formula is C20H34O5. The van der Waals surface area contributed by atoms with Gasteiger partial charge in [-0.1, -0.05) is 44.1 Å². The van der Waals surface area contributed by atoms with Gasteiger partial charge in [0.15, 0.2) is 0 Å². The number of aliphatic hydroxyl groups is 3. The molecule has 0 radical (unpaired) electrons. The average molecular weight is 354 g/mol. The maximum Gasteiger partial charge on any atom is 0.303 e. The Bertz CT molecular complexity index is 432. The van der Waals surface area contributed by atoms with Gasteiger partial charge in [-0.2, -0.15) is 0 Å². The van der Waals surface area contributed by atoms with Gasteiger partial charge >= 0.3 is 5.97 Å². The molecule has 0 bridgehead atoms. The fourth-order valence-corrected chi connectivity index (χ4v) is 3.41. The van der Waals surface area contributed by atoms with Crippen LogP contribution < -0.4 is 0 Å². The summed E-state index contributed by atoms with van der Waals surface area (Å²) in [4.78, 5) is 10.5. The number of carboxylic acids is 1. The van der Waals surface area contributed by atoms with Crippen molar-refractivity contribution in [2.45, 2.75) is 83.0 Å². The van der Waals surface area contributed by atoms with Gasteiger partial charge in [0.2, 0.25) is 0 Å². The standard InChI is InChI=1S/C20H34O5/c1-2-3-4-5-6-7-10-16-17(19(23)14-18(16)22)13-12-15(21)9-8-11-20(24)25/h6-7,12-13,15-19,21-23H,2-5,8-11,14H2,1H3,(H,24,25)/b7-6-,13-12+/t15-,16-,17-,18+,19-/m1/s1. The van der Waals surface area contributed by atoms with Crippen LogP contribution in [0.15, 0.2) is 24.3 Å². The number of rotatable bonds is 12. The second-order valence-corrected chi connectivity index (χ2v) is 7.05. The molecular weight excluding hydrogens is 320 g/mol. The van der Waals surface area contributed by atoms with Crippen LogP contribution in [-0.2, 0) is 4.79 Å². The molecule has 144 valence electrons. The minimum atomic E-state index is -0.865. The van der Waals surface area contributed by atoms with Crippen molar-refractivity contribution in [2.24, 2.45) is 11.8 Å². The van der Waals surface area contributed by atoms with Gasteiger partial charge < -0.3 is 20.4 Å². The van der Waals surface area contributed by atoms with Crippen LogP contribution >= 0.6 is 0 Å². The highest BCUT2D eigenvalue weighted by atomic mass is 16.4. The highest BCUT2D eigenvalue weighted by Crippen LogP contribution is 2.36. The summed E-state index contributed by atoms with van der Waals surface area (Å²) in [5.41, 5.74) is 0. The normalized spacial score (nSPS) is 28.2. The predicted octanol–water partition coefficient (Wildman–Crippen LogP) is 3.04. The number of unbranched alkanes of at least 4 members (excludes halogenated alkanes) is 3. The molecule has 5 nitrogen and oxygen atoms in total. The first-order valence-electron chi connectivity index (χ1n) is 9.55. The van der Waals surface area contributed by atoms with Crippen molar-refractivity contribution in [2.75, 3.05) is 0 Å². The topological polar surface area (TPSA) is 98.0 Å². The Kier molecular flexibility index (Phi) is 10.7. The molecule has 0 unspecified atom stereocenters. The van der Waals surface area contributed by atoms with Gasteiger partial charge in [-0.25, -0.2) is 0 Å². The van der Waals surface area contributed by atoms with Gasteiger partial charge in [-0.3, -0.25) is 4.79 Å². The molecule has 0 spiro atoms. The summed E-state index contributed by atoms with van der Waals surface area (Å²) in [6.07, 6.45) is 12.4. The molecule has 1 rings (SSSR count). The van der Waals surface area contributed by atoms with Crippen LogP contribution in [-0.4, -0.2) is 44.7 Å². The molecule has 0 aromatic rings. The fourth-order valence-electron chi connectivity index (χ4n) is 3.41. The molecule has 5 atom stereocenters. The van der Waals surface area contributed by atoms with Crippen molar-refractivity contribution in [3.05, 3.63) is 24.3 Å². The SMILES string of the molecule is CCCCC/C=C\C[C@@H]1[C@@H](/C=C/[C@H](O)CCCC(=O)O)[C@H](O)C[C@@H]1O. The van der Waals surface area contributed by atoms with Crippen molar-refractivity contribution in [3.8, 4) is 0 Å². The van der Waals surface area contributed by atoms with Crippen molar-refractivity contribution in [3.63, 3.8) is 0 Å². The maximum atomic E-state index is 10.5. The van der Waals surface area contributed by atoms with Crippen LogP contribution in [0, 0.1) is 11.8 Å². The summed E-state index contributed by atoms with van der Waals surface area (Å²) in [5, 5.41) is 38.9. The molecule has 0 heterocycles. The molecule has 0 amide bonds. The molecule has 5 heteroatoms. The van der Waals surface area contributed by atoms with Crippen molar-refractivity contribution in [1.82, 2.24) is 0 Å². The summed E-state index contributed by atoms with van der Waals surface area (Å²) >= 11 is 0. The van der Waals surface area contributed by atoms with Crippen molar-refractivity contribution < 1.29 is 25.2 Å². The Labute approximate surface area is 151 Å². The van der Waals surface area contributed by atoms with Crippen LogP contribution in [0.5, 0.6) is 0 Å². The minimum Gasteiger partial charge on any atom is -0.481 e. The number of allylic oxidation sites excluding steroid dienone is 2. The van der Waals surface area contributed by atoms with Crippen molar-refractivity contribution >= 4 is 5.97 Å². The molecule has 1 saturated carbocycles. The number of hydrogen-bond acceptors (Lipinski definition) is 4. The van der Waals surface area contributed by atoms with E-state index in [9.17, 15) is 20.1 Å². The second-order valence-electron chi connectivity index (χ2n) is 7.05. The predicted molar refractivity (Wildman–Crippen MR) is 98.1 cm³/mol. The van der Waals surface area contributed by atoms with Crippen LogP contribution in [0.2, 0.25) is 0 Å². The highest BCUT2D eigenvalue weighted by molar-refractivity contribution is 5.66. The highest BCUT2D eigenvalue weighted by Gasteiger charge is 2.39. The molecule has 1 aliphatic carbocycles. The Balaban J connectivity index is 2.47. The molecule has 0 aromatic heterocycles. The van der Waals surface area contributed by atoms with E-state index in [4.69, 9.17) is 5.11 Å². The third-order valence-corrected chi connectivity index (χ3v) is 4.91. The molecule has 4 N–H and O–H groups in total. The number of carboxylic acid groups (broad SMARTS) is 1. The van der Waals surface area contributed by atoms with E-state index in [1.165, 1.54) is 19.3 Å². The average Bonchev–Trinajstić information content (AvgIpc) is 2.81. The minimum absolute atomic E-state index is 0.0418. The Hall–Kier alpha value is -1.17. The Morgan fingerprint density at radius 3 is 2.60 bits per heavy atom. The number of aliphatic carboxylic acids is 1. The summed E-state index contributed by atoms with van der Waals surface area (Å²) in [6, 6.07) is 0. The lowest BCUT2D eigenvalue weighted by Gasteiger charge is -2.19. The second kappa shape index (κ2) is 12.2. The van der Waals surface area contributed by atoms with E-state index in [2.05, 4.69) is 19.1 Å². The van der Waals surface area contributed by atoms with Gasteiger partial charge in [-0.05, 0) is 38.0 Å². The zero-order chi connectivity index (χ0) is 18.7. The number of hydrogen-bond donors (Lipinski definition) is 4. The molecule has 1 aliphatic rings. The first-order valence-corrected chi connectivity index (χ1v) is 9.55. The zero-order valence-electron chi connectivity index (χ0n) is 15.3. The van der Waals surface area contributed by atoms with E-state index in [1.807, 2.05) is 0 Å². The lowest BCUT2D eigenvalue weighted by atomic mass is 9.89. The largest absolute Gasteiger partial charge is 0.481 e. The van der Waals surface area contributed by atoms with Crippen LogP contribution in [0.25, 0.3) is 0 Å². The van der Waals surface area contributed by atoms with E-state index < -0.39 is 24.3 Å². The van der Waals surface area contributed by atoms with Gasteiger partial charge in [-0.15, -0.1) is 0 Å². The van der Waals surface area contributed by atoms with E-state index in [0.29, 0.717) is 25.7 Å². The first kappa shape index (κ1) is 21.9. The van der Waals surface area contributed by atoms with E-state index in [-0.39, 0.29) is 18.3 Å². The van der Waals surface area contributed by atoms with Gasteiger partial charge in [0, 0.05) is 18.8 Å². The quantitative estimate of drug-likeness (QED) is 0.319. The first-order chi connectivity index (χ1) is 12.0. The lowest BCUT2D eigenvalue weighted by Crippen LogP contribution is -2.20. The number of carbonyl (C=O) groups is 1. The smallest absolute Gasteiger partial charge is 0.303 e. The third-order valence-electron chi connectivity index (χ3n) is 4.91. The van der Waals surface area contributed by atoms with Crippen LogP contribution in [0.3, 0.4) is 0 Å². The fraction of sp³-hybridized carbons (Fsp3) is 0.750. The van der Waals surface area contributed by atoms with E-state index in [0.717, 1.165) is 6.42 Å². The summed E-state index contributed by atoms with van der Waals surface area (Å²) in [6.45, 7) is 2.17.